The molecular formula is C23H24FNO6. The van der Waals surface area contributed by atoms with Crippen LogP contribution in [0.5, 0.6) is 17.2 Å². The first-order valence-corrected chi connectivity index (χ1v) is 10.0. The lowest BCUT2D eigenvalue weighted by molar-refractivity contribution is 0.0463. The van der Waals surface area contributed by atoms with Gasteiger partial charge in [0.25, 0.3) is 0 Å². The Kier molecular flexibility index (Phi) is 7.48. The van der Waals surface area contributed by atoms with Gasteiger partial charge in [-0.25, -0.2) is 9.18 Å². The minimum atomic E-state index is -0.573. The number of halogens is 1. The van der Waals surface area contributed by atoms with E-state index >= 15 is 0 Å². The molecular weight excluding hydrogens is 405 g/mol. The minimum absolute atomic E-state index is 0.0926. The Morgan fingerprint density at radius 2 is 1.55 bits per heavy atom. The molecule has 3 aromatic rings. The molecule has 0 aliphatic carbocycles. The van der Waals surface area contributed by atoms with Crippen molar-refractivity contribution < 1.29 is 32.7 Å². The van der Waals surface area contributed by atoms with Crippen molar-refractivity contribution in [2.24, 2.45) is 0 Å². The van der Waals surface area contributed by atoms with Gasteiger partial charge in [0, 0.05) is 11.6 Å². The third kappa shape index (κ3) is 5.53. The SMILES string of the molecule is CCOc1cc(C(=O)OCc2cc(-c3ccc(F)cc3)on2)cc(OCC)c1OCC. The fourth-order valence-corrected chi connectivity index (χ4v) is 2.86. The highest BCUT2D eigenvalue weighted by Crippen LogP contribution is 2.39. The molecule has 1 heterocycles. The van der Waals surface area contributed by atoms with Crippen LogP contribution in [0.2, 0.25) is 0 Å². The zero-order valence-electron chi connectivity index (χ0n) is 17.6. The quantitative estimate of drug-likeness (QED) is 0.418. The number of carbonyl (C=O) groups is 1. The molecule has 0 saturated carbocycles. The molecule has 0 N–H and O–H groups in total. The molecule has 0 saturated heterocycles. The fourth-order valence-electron chi connectivity index (χ4n) is 2.86. The van der Waals surface area contributed by atoms with E-state index in [2.05, 4.69) is 5.16 Å². The molecule has 8 heteroatoms. The summed E-state index contributed by atoms with van der Waals surface area (Å²) < 4.78 is 40.6. The molecule has 0 fully saturated rings. The Hall–Kier alpha value is -3.55. The Balaban J connectivity index is 1.74. The smallest absolute Gasteiger partial charge is 0.338 e. The van der Waals surface area contributed by atoms with Crippen LogP contribution in [0.15, 0.2) is 47.0 Å². The van der Waals surface area contributed by atoms with Crippen molar-refractivity contribution in [1.29, 1.82) is 0 Å². The maximum Gasteiger partial charge on any atom is 0.338 e. The second-order valence-electron chi connectivity index (χ2n) is 6.37. The summed E-state index contributed by atoms with van der Waals surface area (Å²) in [4.78, 5) is 12.6. The van der Waals surface area contributed by atoms with E-state index in [-0.39, 0.29) is 18.0 Å². The summed E-state index contributed by atoms with van der Waals surface area (Å²) in [5.74, 6) is 0.791. The van der Waals surface area contributed by atoms with E-state index in [0.717, 1.165) is 0 Å². The molecule has 1 aromatic heterocycles. The third-order valence-electron chi connectivity index (χ3n) is 4.18. The first-order chi connectivity index (χ1) is 15.0. The van der Waals surface area contributed by atoms with E-state index < -0.39 is 5.97 Å². The average molecular weight is 429 g/mol. The minimum Gasteiger partial charge on any atom is -0.490 e. The number of ether oxygens (including phenoxy) is 4. The highest BCUT2D eigenvalue weighted by molar-refractivity contribution is 5.91. The second kappa shape index (κ2) is 10.5. The van der Waals surface area contributed by atoms with Crippen molar-refractivity contribution in [2.45, 2.75) is 27.4 Å². The highest BCUT2D eigenvalue weighted by Gasteiger charge is 2.19. The summed E-state index contributed by atoms with van der Waals surface area (Å²) >= 11 is 0. The Labute approximate surface area is 179 Å². The topological polar surface area (TPSA) is 80.0 Å². The van der Waals surface area contributed by atoms with Crippen molar-refractivity contribution in [1.82, 2.24) is 5.16 Å². The molecule has 0 atom stereocenters. The monoisotopic (exact) mass is 429 g/mol. The van der Waals surface area contributed by atoms with Crippen LogP contribution in [-0.2, 0) is 11.3 Å². The zero-order chi connectivity index (χ0) is 22.2. The Morgan fingerprint density at radius 1 is 0.935 bits per heavy atom. The van der Waals surface area contributed by atoms with Crippen molar-refractivity contribution in [3.05, 3.63) is 59.5 Å². The maximum atomic E-state index is 13.1. The molecule has 0 amide bonds. The highest BCUT2D eigenvalue weighted by atomic mass is 19.1. The van der Waals surface area contributed by atoms with Crippen LogP contribution in [0.4, 0.5) is 4.39 Å². The van der Waals surface area contributed by atoms with Gasteiger partial charge in [-0.1, -0.05) is 5.16 Å². The van der Waals surface area contributed by atoms with E-state index in [9.17, 15) is 9.18 Å². The number of aromatic nitrogens is 1. The van der Waals surface area contributed by atoms with E-state index in [4.69, 9.17) is 23.5 Å². The summed E-state index contributed by atoms with van der Waals surface area (Å²) in [5, 5.41) is 3.90. The number of benzene rings is 2. The number of hydrogen-bond acceptors (Lipinski definition) is 7. The summed E-state index contributed by atoms with van der Waals surface area (Å²) in [6.07, 6.45) is 0. The van der Waals surface area contributed by atoms with Gasteiger partial charge in [0.15, 0.2) is 17.3 Å². The molecule has 2 aromatic carbocycles. The molecule has 31 heavy (non-hydrogen) atoms. The van der Waals surface area contributed by atoms with Crippen molar-refractivity contribution in [3.8, 4) is 28.6 Å². The van der Waals surface area contributed by atoms with Gasteiger partial charge in [-0.05, 0) is 57.2 Å². The molecule has 0 unspecified atom stereocenters. The van der Waals surface area contributed by atoms with Crippen molar-refractivity contribution >= 4 is 5.97 Å². The van der Waals surface area contributed by atoms with Gasteiger partial charge >= 0.3 is 5.97 Å². The Morgan fingerprint density at radius 3 is 2.13 bits per heavy atom. The molecule has 0 bridgehead atoms. The predicted octanol–water partition coefficient (Wildman–Crippen LogP) is 5.03. The molecule has 164 valence electrons. The zero-order valence-corrected chi connectivity index (χ0v) is 17.6. The van der Waals surface area contributed by atoms with Gasteiger partial charge in [0.2, 0.25) is 5.75 Å². The third-order valence-corrected chi connectivity index (χ3v) is 4.18. The van der Waals surface area contributed by atoms with Gasteiger partial charge in [-0.3, -0.25) is 0 Å². The van der Waals surface area contributed by atoms with Gasteiger partial charge < -0.3 is 23.5 Å². The fraction of sp³-hybridized carbons (Fsp3) is 0.304. The van der Waals surface area contributed by atoms with Crippen LogP contribution in [0.25, 0.3) is 11.3 Å². The summed E-state index contributed by atoms with van der Waals surface area (Å²) in [6, 6.07) is 10.6. The molecule has 0 aliphatic heterocycles. The van der Waals surface area contributed by atoms with Crippen LogP contribution in [0, 0.1) is 5.82 Å². The molecule has 7 nitrogen and oxygen atoms in total. The average Bonchev–Trinajstić information content (AvgIpc) is 3.24. The first kappa shape index (κ1) is 22.1. The number of carbonyl (C=O) groups excluding carboxylic acids is 1. The molecule has 3 rings (SSSR count). The van der Waals surface area contributed by atoms with Crippen LogP contribution >= 0.6 is 0 Å². The van der Waals surface area contributed by atoms with Gasteiger partial charge in [-0.15, -0.1) is 0 Å². The second-order valence-corrected chi connectivity index (χ2v) is 6.37. The van der Waals surface area contributed by atoms with Crippen LogP contribution < -0.4 is 14.2 Å². The number of hydrogen-bond donors (Lipinski definition) is 0. The number of nitrogens with zero attached hydrogens (tertiary/aromatic N) is 1. The lowest BCUT2D eigenvalue weighted by Crippen LogP contribution is -2.09. The van der Waals surface area contributed by atoms with Gasteiger partial charge in [0.1, 0.15) is 18.1 Å². The molecule has 0 radical (unpaired) electrons. The lowest BCUT2D eigenvalue weighted by atomic mass is 10.1. The normalized spacial score (nSPS) is 10.6. The number of esters is 1. The van der Waals surface area contributed by atoms with E-state index in [1.807, 2.05) is 20.8 Å². The van der Waals surface area contributed by atoms with E-state index in [1.165, 1.54) is 12.1 Å². The summed E-state index contributed by atoms with van der Waals surface area (Å²) in [6.45, 7) is 6.65. The van der Waals surface area contributed by atoms with Crippen molar-refractivity contribution in [2.75, 3.05) is 19.8 Å². The Bertz CT molecular complexity index is 988. The van der Waals surface area contributed by atoms with Crippen LogP contribution in [-0.4, -0.2) is 30.9 Å². The predicted molar refractivity (Wildman–Crippen MR) is 111 cm³/mol. The largest absolute Gasteiger partial charge is 0.490 e. The van der Waals surface area contributed by atoms with E-state index in [1.54, 1.807) is 30.3 Å². The van der Waals surface area contributed by atoms with Crippen molar-refractivity contribution in [3.63, 3.8) is 0 Å². The number of rotatable bonds is 10. The van der Waals surface area contributed by atoms with Crippen LogP contribution in [0.3, 0.4) is 0 Å². The van der Waals surface area contributed by atoms with Crippen LogP contribution in [0.1, 0.15) is 36.8 Å². The summed E-state index contributed by atoms with van der Waals surface area (Å²) in [5.41, 5.74) is 1.35. The first-order valence-electron chi connectivity index (χ1n) is 10.0. The van der Waals surface area contributed by atoms with Gasteiger partial charge in [0.05, 0.1) is 25.4 Å². The maximum absolute atomic E-state index is 13.1. The van der Waals surface area contributed by atoms with E-state index in [0.29, 0.717) is 54.1 Å². The summed E-state index contributed by atoms with van der Waals surface area (Å²) in [7, 11) is 0. The lowest BCUT2D eigenvalue weighted by Gasteiger charge is -2.16. The molecule has 0 aliphatic rings. The van der Waals surface area contributed by atoms with Gasteiger partial charge in [-0.2, -0.15) is 0 Å². The molecule has 0 spiro atoms. The standard InChI is InChI=1S/C23H24FNO6/c1-4-27-20-11-16(12-21(28-5-2)22(20)29-6-3)23(26)30-14-18-13-19(31-25-18)15-7-9-17(24)10-8-15/h7-13H,4-6,14H2,1-3H3.